The first kappa shape index (κ1) is 19.2. The smallest absolute Gasteiger partial charge is 0.211 e. The third-order valence-corrected chi connectivity index (χ3v) is 4.09. The van der Waals surface area contributed by atoms with Gasteiger partial charge >= 0.3 is 0 Å². The standard InChI is InChI=1S/C20H23ClN2O2/c1-15(23-13-20(25)18-3-2-4-19(21)12-18)11-17-7-5-16(6-8-17)9-10-22-14-24/h2-10,12,14-15,20,23,25H,11,13H2,1H3,(H,22,24)/b10-9+. The summed E-state index contributed by atoms with van der Waals surface area (Å²) in [5.41, 5.74) is 3.04. The van der Waals surface area contributed by atoms with Crippen LogP contribution in [-0.4, -0.2) is 24.1 Å². The monoisotopic (exact) mass is 358 g/mol. The van der Waals surface area contributed by atoms with Gasteiger partial charge in [-0.25, -0.2) is 0 Å². The third kappa shape index (κ3) is 6.70. The molecule has 2 atom stereocenters. The Bertz CT molecular complexity index is 701. The van der Waals surface area contributed by atoms with Crippen molar-refractivity contribution in [1.29, 1.82) is 0 Å². The van der Waals surface area contributed by atoms with E-state index in [1.807, 2.05) is 30.3 Å². The fourth-order valence-corrected chi connectivity index (χ4v) is 2.72. The summed E-state index contributed by atoms with van der Waals surface area (Å²) < 4.78 is 0. The predicted molar refractivity (Wildman–Crippen MR) is 102 cm³/mol. The zero-order valence-corrected chi connectivity index (χ0v) is 14.9. The van der Waals surface area contributed by atoms with Gasteiger partial charge in [0.1, 0.15) is 0 Å². The maximum Gasteiger partial charge on any atom is 0.211 e. The van der Waals surface area contributed by atoms with Gasteiger partial charge in [-0.1, -0.05) is 48.0 Å². The van der Waals surface area contributed by atoms with Crippen LogP contribution in [0.3, 0.4) is 0 Å². The van der Waals surface area contributed by atoms with Crippen molar-refractivity contribution in [3.63, 3.8) is 0 Å². The fraction of sp³-hybridized carbons (Fsp3) is 0.250. The second-order valence-electron chi connectivity index (χ2n) is 5.94. The largest absolute Gasteiger partial charge is 0.387 e. The molecule has 2 aromatic carbocycles. The molecule has 25 heavy (non-hydrogen) atoms. The van der Waals surface area contributed by atoms with Gasteiger partial charge in [-0.3, -0.25) is 4.79 Å². The van der Waals surface area contributed by atoms with Crippen molar-refractivity contribution in [1.82, 2.24) is 10.6 Å². The lowest BCUT2D eigenvalue weighted by atomic mass is 10.0. The van der Waals surface area contributed by atoms with E-state index in [0.717, 1.165) is 17.5 Å². The molecule has 2 unspecified atom stereocenters. The lowest BCUT2D eigenvalue weighted by Gasteiger charge is -2.18. The van der Waals surface area contributed by atoms with Crippen molar-refractivity contribution in [2.75, 3.05) is 6.54 Å². The Morgan fingerprint density at radius 1 is 1.20 bits per heavy atom. The maximum atomic E-state index is 10.2. The Kier molecular flexibility index (Phi) is 7.67. The van der Waals surface area contributed by atoms with Crippen LogP contribution in [0.25, 0.3) is 6.08 Å². The van der Waals surface area contributed by atoms with Crippen LogP contribution >= 0.6 is 11.6 Å². The Balaban J connectivity index is 1.81. The van der Waals surface area contributed by atoms with Gasteiger partial charge in [-0.15, -0.1) is 0 Å². The molecule has 0 aromatic heterocycles. The molecule has 0 saturated heterocycles. The Hall–Kier alpha value is -2.14. The quantitative estimate of drug-likeness (QED) is 0.603. The second kappa shape index (κ2) is 9.99. The van der Waals surface area contributed by atoms with E-state index in [1.165, 1.54) is 5.56 Å². The van der Waals surface area contributed by atoms with Gasteiger partial charge in [0.2, 0.25) is 6.41 Å². The summed E-state index contributed by atoms with van der Waals surface area (Å²) in [6.07, 6.45) is 4.35. The van der Waals surface area contributed by atoms with Crippen LogP contribution in [0.1, 0.15) is 29.7 Å². The predicted octanol–water partition coefficient (Wildman–Crippen LogP) is 3.31. The van der Waals surface area contributed by atoms with Crippen LogP contribution in [0.2, 0.25) is 5.02 Å². The van der Waals surface area contributed by atoms with Gasteiger partial charge in [0.15, 0.2) is 0 Å². The lowest BCUT2D eigenvalue weighted by molar-refractivity contribution is -0.108. The number of carbonyl (C=O) groups excluding carboxylic acids is 1. The molecule has 4 nitrogen and oxygen atoms in total. The number of rotatable bonds is 9. The highest BCUT2D eigenvalue weighted by atomic mass is 35.5. The molecule has 0 heterocycles. The van der Waals surface area contributed by atoms with Crippen LogP contribution < -0.4 is 10.6 Å². The first-order chi connectivity index (χ1) is 12.1. The minimum absolute atomic E-state index is 0.229. The van der Waals surface area contributed by atoms with Crippen molar-refractivity contribution in [3.05, 3.63) is 76.4 Å². The first-order valence-electron chi connectivity index (χ1n) is 8.20. The van der Waals surface area contributed by atoms with Crippen molar-refractivity contribution < 1.29 is 9.90 Å². The van der Waals surface area contributed by atoms with E-state index in [-0.39, 0.29) is 6.04 Å². The zero-order valence-electron chi connectivity index (χ0n) is 14.2. The maximum absolute atomic E-state index is 10.2. The summed E-state index contributed by atoms with van der Waals surface area (Å²) >= 11 is 5.95. The molecule has 1 amide bonds. The first-order valence-corrected chi connectivity index (χ1v) is 8.58. The fourth-order valence-electron chi connectivity index (χ4n) is 2.52. The molecular weight excluding hydrogens is 336 g/mol. The Morgan fingerprint density at radius 3 is 2.64 bits per heavy atom. The molecule has 0 aliphatic carbocycles. The molecule has 132 valence electrons. The number of aliphatic hydroxyl groups excluding tert-OH is 1. The number of halogens is 1. The SMILES string of the molecule is CC(Cc1ccc(/C=C/NC=O)cc1)NCC(O)c1cccc(Cl)c1. The van der Waals surface area contributed by atoms with Gasteiger partial charge in [0.05, 0.1) is 6.10 Å². The minimum Gasteiger partial charge on any atom is -0.387 e. The topological polar surface area (TPSA) is 61.4 Å². The second-order valence-corrected chi connectivity index (χ2v) is 6.38. The van der Waals surface area contributed by atoms with E-state index in [4.69, 9.17) is 11.6 Å². The molecule has 3 N–H and O–H groups in total. The van der Waals surface area contributed by atoms with Gasteiger partial charge in [0, 0.05) is 23.8 Å². The summed E-state index contributed by atoms with van der Waals surface area (Å²) in [6.45, 7) is 2.56. The summed E-state index contributed by atoms with van der Waals surface area (Å²) in [6, 6.07) is 15.6. The number of hydrogen-bond acceptors (Lipinski definition) is 3. The summed E-state index contributed by atoms with van der Waals surface area (Å²) in [7, 11) is 0. The highest BCUT2D eigenvalue weighted by Gasteiger charge is 2.10. The van der Waals surface area contributed by atoms with Crippen molar-refractivity contribution in [2.45, 2.75) is 25.5 Å². The van der Waals surface area contributed by atoms with E-state index in [9.17, 15) is 9.90 Å². The normalized spacial score (nSPS) is 13.6. The lowest BCUT2D eigenvalue weighted by Crippen LogP contribution is -2.32. The molecule has 0 fully saturated rings. The molecular formula is C20H23ClN2O2. The molecule has 0 bridgehead atoms. The van der Waals surface area contributed by atoms with E-state index in [0.29, 0.717) is 18.0 Å². The average molecular weight is 359 g/mol. The van der Waals surface area contributed by atoms with Crippen LogP contribution in [0, 0.1) is 0 Å². The summed E-state index contributed by atoms with van der Waals surface area (Å²) in [5, 5.41) is 16.7. The highest BCUT2D eigenvalue weighted by Crippen LogP contribution is 2.17. The number of carbonyl (C=O) groups is 1. The highest BCUT2D eigenvalue weighted by molar-refractivity contribution is 6.30. The van der Waals surface area contributed by atoms with Crippen molar-refractivity contribution >= 4 is 24.1 Å². The molecule has 5 heteroatoms. The van der Waals surface area contributed by atoms with Crippen LogP contribution in [0.5, 0.6) is 0 Å². The van der Waals surface area contributed by atoms with E-state index in [1.54, 1.807) is 18.3 Å². The number of benzene rings is 2. The van der Waals surface area contributed by atoms with Crippen LogP contribution in [0.4, 0.5) is 0 Å². The summed E-state index contributed by atoms with van der Waals surface area (Å²) in [4.78, 5) is 10.2. The molecule has 0 saturated carbocycles. The van der Waals surface area contributed by atoms with E-state index < -0.39 is 6.10 Å². The van der Waals surface area contributed by atoms with Crippen LogP contribution in [0.15, 0.2) is 54.7 Å². The van der Waals surface area contributed by atoms with Crippen LogP contribution in [-0.2, 0) is 11.2 Å². The van der Waals surface area contributed by atoms with Gasteiger partial charge < -0.3 is 15.7 Å². The average Bonchev–Trinajstić information content (AvgIpc) is 2.61. The third-order valence-electron chi connectivity index (χ3n) is 3.85. The summed E-state index contributed by atoms with van der Waals surface area (Å²) in [5.74, 6) is 0. The van der Waals surface area contributed by atoms with Gasteiger partial charge in [0.25, 0.3) is 0 Å². The molecule has 2 aromatic rings. The number of hydrogen-bond donors (Lipinski definition) is 3. The molecule has 2 rings (SSSR count). The number of nitrogens with one attached hydrogen (secondary N) is 2. The minimum atomic E-state index is -0.584. The van der Waals surface area contributed by atoms with E-state index in [2.05, 4.69) is 29.7 Å². The molecule has 0 aliphatic rings. The molecule has 0 aliphatic heterocycles. The number of amides is 1. The van der Waals surface area contributed by atoms with Gasteiger partial charge in [-0.2, -0.15) is 0 Å². The molecule has 0 radical (unpaired) electrons. The van der Waals surface area contributed by atoms with Crippen molar-refractivity contribution in [2.24, 2.45) is 0 Å². The molecule has 0 spiro atoms. The van der Waals surface area contributed by atoms with E-state index >= 15 is 0 Å². The Morgan fingerprint density at radius 2 is 1.96 bits per heavy atom. The Labute approximate surface area is 153 Å². The van der Waals surface area contributed by atoms with Crippen molar-refractivity contribution in [3.8, 4) is 0 Å². The zero-order chi connectivity index (χ0) is 18.1. The number of aliphatic hydroxyl groups is 1. The van der Waals surface area contributed by atoms with Gasteiger partial charge in [-0.05, 0) is 48.2 Å².